The van der Waals surface area contributed by atoms with Gasteiger partial charge in [-0.2, -0.15) is 0 Å². The average Bonchev–Trinajstić information content (AvgIpc) is 3.28. The van der Waals surface area contributed by atoms with Crippen LogP contribution in [-0.2, 0) is 0 Å². The Balaban J connectivity index is 1.60. The monoisotopic (exact) mass is 323 g/mol. The zero-order valence-corrected chi connectivity index (χ0v) is 13.3. The summed E-state index contributed by atoms with van der Waals surface area (Å²) < 4.78 is 6.31. The highest BCUT2D eigenvalue weighted by molar-refractivity contribution is 9.10. The lowest BCUT2D eigenvalue weighted by Gasteiger charge is -2.20. The van der Waals surface area contributed by atoms with Gasteiger partial charge in [-0.15, -0.1) is 0 Å². The molecule has 104 valence electrons. The summed E-state index contributed by atoms with van der Waals surface area (Å²) in [5.41, 5.74) is 1.98. The maximum atomic E-state index is 5.28. The summed E-state index contributed by atoms with van der Waals surface area (Å²) in [6.45, 7) is 3.43. The van der Waals surface area contributed by atoms with Crippen molar-refractivity contribution in [2.45, 2.75) is 38.6 Å². The summed E-state index contributed by atoms with van der Waals surface area (Å²) in [6.07, 6.45) is 5.79. The van der Waals surface area contributed by atoms with Crippen LogP contribution >= 0.6 is 15.9 Å². The maximum absolute atomic E-state index is 5.28. The third kappa shape index (κ3) is 2.82. The maximum Gasteiger partial charge on any atom is 0.133 e. The van der Waals surface area contributed by atoms with Gasteiger partial charge in [-0.05, 0) is 77.6 Å². The van der Waals surface area contributed by atoms with E-state index in [-0.39, 0.29) is 0 Å². The number of hydrogen-bond donors (Lipinski definition) is 1. The number of nitrogens with one attached hydrogen (secondary N) is 1. The first-order valence-electron chi connectivity index (χ1n) is 7.21. The summed E-state index contributed by atoms with van der Waals surface area (Å²) in [6, 6.07) is 6.75. The summed E-state index contributed by atoms with van der Waals surface area (Å²) in [5, 5.41) is 3.73. The molecule has 1 unspecified atom stereocenters. The van der Waals surface area contributed by atoms with Gasteiger partial charge in [0, 0.05) is 12.6 Å². The Labute approximate surface area is 124 Å². The molecular weight excluding hydrogens is 302 g/mol. The molecule has 0 saturated heterocycles. The molecule has 1 aromatic carbocycles. The van der Waals surface area contributed by atoms with Gasteiger partial charge in [0.2, 0.25) is 0 Å². The minimum atomic E-state index is 0.401. The molecule has 1 atom stereocenters. The van der Waals surface area contributed by atoms with E-state index in [9.17, 15) is 0 Å². The molecule has 2 fully saturated rings. The lowest BCUT2D eigenvalue weighted by atomic mass is 9.99. The average molecular weight is 324 g/mol. The Bertz CT molecular complexity index is 466. The Morgan fingerprint density at radius 3 is 2.68 bits per heavy atom. The van der Waals surface area contributed by atoms with Gasteiger partial charge in [-0.3, -0.25) is 0 Å². The highest BCUT2D eigenvalue weighted by atomic mass is 79.9. The lowest BCUT2D eigenvalue weighted by Crippen LogP contribution is -2.28. The van der Waals surface area contributed by atoms with Crippen molar-refractivity contribution in [1.82, 2.24) is 5.32 Å². The molecule has 0 spiro atoms. The summed E-state index contributed by atoms with van der Waals surface area (Å²) in [4.78, 5) is 0. The molecule has 0 heterocycles. The second-order valence-electron chi connectivity index (χ2n) is 6.13. The van der Waals surface area contributed by atoms with Crippen molar-refractivity contribution in [3.05, 3.63) is 28.2 Å². The SMILES string of the molecule is COc1ccc(C(C)NCC2(C3CC3)CC2)cc1Br. The quantitative estimate of drug-likeness (QED) is 0.842. The molecule has 2 nitrogen and oxygen atoms in total. The highest BCUT2D eigenvalue weighted by Crippen LogP contribution is 2.60. The number of rotatable bonds is 6. The van der Waals surface area contributed by atoms with E-state index in [4.69, 9.17) is 4.74 Å². The van der Waals surface area contributed by atoms with Crippen LogP contribution in [0.2, 0.25) is 0 Å². The predicted octanol–water partition coefficient (Wildman–Crippen LogP) is 4.30. The van der Waals surface area contributed by atoms with Gasteiger partial charge in [0.25, 0.3) is 0 Å². The van der Waals surface area contributed by atoms with E-state index < -0.39 is 0 Å². The summed E-state index contributed by atoms with van der Waals surface area (Å²) in [7, 11) is 1.70. The molecule has 2 aliphatic rings. The van der Waals surface area contributed by atoms with Crippen LogP contribution in [0, 0.1) is 11.3 Å². The Morgan fingerprint density at radius 1 is 1.42 bits per heavy atom. The van der Waals surface area contributed by atoms with Crippen LogP contribution < -0.4 is 10.1 Å². The van der Waals surface area contributed by atoms with Crippen LogP contribution in [0.4, 0.5) is 0 Å². The highest BCUT2D eigenvalue weighted by Gasteiger charge is 2.53. The smallest absolute Gasteiger partial charge is 0.133 e. The predicted molar refractivity (Wildman–Crippen MR) is 81.5 cm³/mol. The largest absolute Gasteiger partial charge is 0.496 e. The van der Waals surface area contributed by atoms with E-state index in [2.05, 4.69) is 40.3 Å². The zero-order valence-electron chi connectivity index (χ0n) is 11.7. The first kappa shape index (κ1) is 13.4. The second kappa shape index (κ2) is 5.10. The van der Waals surface area contributed by atoms with Gasteiger partial charge in [0.1, 0.15) is 5.75 Å². The number of benzene rings is 1. The topological polar surface area (TPSA) is 21.3 Å². The van der Waals surface area contributed by atoms with Crippen LogP contribution in [0.1, 0.15) is 44.2 Å². The van der Waals surface area contributed by atoms with Crippen molar-refractivity contribution in [1.29, 1.82) is 0 Å². The van der Waals surface area contributed by atoms with Crippen LogP contribution in [-0.4, -0.2) is 13.7 Å². The molecule has 2 saturated carbocycles. The lowest BCUT2D eigenvalue weighted by molar-refractivity contribution is 0.381. The van der Waals surface area contributed by atoms with Crippen molar-refractivity contribution < 1.29 is 4.74 Å². The molecule has 0 amide bonds. The van der Waals surface area contributed by atoms with Gasteiger partial charge in [0.05, 0.1) is 11.6 Å². The molecule has 0 aliphatic heterocycles. The number of hydrogen-bond acceptors (Lipinski definition) is 2. The van der Waals surface area contributed by atoms with Gasteiger partial charge >= 0.3 is 0 Å². The fourth-order valence-corrected chi connectivity index (χ4v) is 3.57. The first-order valence-corrected chi connectivity index (χ1v) is 8.01. The van der Waals surface area contributed by atoms with Crippen LogP contribution in [0.15, 0.2) is 22.7 Å². The summed E-state index contributed by atoms with van der Waals surface area (Å²) >= 11 is 3.56. The first-order chi connectivity index (χ1) is 9.14. The van der Waals surface area contributed by atoms with Gasteiger partial charge in [-0.25, -0.2) is 0 Å². The molecule has 2 aliphatic carbocycles. The normalized spacial score (nSPS) is 22.1. The number of halogens is 1. The standard InChI is InChI=1S/C16H22BrNO/c1-11(12-3-6-15(19-2)14(17)9-12)18-10-16(7-8-16)13-4-5-13/h3,6,9,11,13,18H,4-5,7-8,10H2,1-2H3. The van der Waals surface area contributed by atoms with Crippen molar-refractivity contribution in [3.8, 4) is 5.75 Å². The number of ether oxygens (including phenoxy) is 1. The van der Waals surface area contributed by atoms with Crippen LogP contribution in [0.3, 0.4) is 0 Å². The third-order valence-corrected chi connectivity index (χ3v) is 5.39. The second-order valence-corrected chi connectivity index (χ2v) is 6.99. The van der Waals surface area contributed by atoms with E-state index >= 15 is 0 Å². The fourth-order valence-electron chi connectivity index (χ4n) is 3.01. The van der Waals surface area contributed by atoms with Gasteiger partial charge < -0.3 is 10.1 Å². The third-order valence-electron chi connectivity index (χ3n) is 4.77. The van der Waals surface area contributed by atoms with E-state index in [0.717, 1.165) is 16.1 Å². The molecule has 1 aromatic rings. The van der Waals surface area contributed by atoms with Gasteiger partial charge in [0.15, 0.2) is 0 Å². The Morgan fingerprint density at radius 2 is 2.16 bits per heavy atom. The van der Waals surface area contributed by atoms with Crippen LogP contribution in [0.25, 0.3) is 0 Å². The molecular formula is C16H22BrNO. The molecule has 3 heteroatoms. The van der Waals surface area contributed by atoms with E-state index in [1.807, 2.05) is 6.07 Å². The molecule has 19 heavy (non-hydrogen) atoms. The Hall–Kier alpha value is -0.540. The summed E-state index contributed by atoms with van der Waals surface area (Å²) in [5.74, 6) is 1.92. The van der Waals surface area contributed by atoms with Crippen molar-refractivity contribution >= 4 is 15.9 Å². The zero-order chi connectivity index (χ0) is 13.5. The van der Waals surface area contributed by atoms with Crippen molar-refractivity contribution in [3.63, 3.8) is 0 Å². The minimum Gasteiger partial charge on any atom is -0.496 e. The van der Waals surface area contributed by atoms with Crippen molar-refractivity contribution in [2.75, 3.05) is 13.7 Å². The molecule has 0 bridgehead atoms. The fraction of sp³-hybridized carbons (Fsp3) is 0.625. The molecule has 3 rings (SSSR count). The minimum absolute atomic E-state index is 0.401. The van der Waals surface area contributed by atoms with Crippen molar-refractivity contribution in [2.24, 2.45) is 11.3 Å². The molecule has 0 aromatic heterocycles. The van der Waals surface area contributed by atoms with Crippen LogP contribution in [0.5, 0.6) is 5.75 Å². The van der Waals surface area contributed by atoms with Gasteiger partial charge in [-0.1, -0.05) is 6.07 Å². The van der Waals surface area contributed by atoms with E-state index in [1.54, 1.807) is 7.11 Å². The van der Waals surface area contributed by atoms with E-state index in [0.29, 0.717) is 11.5 Å². The Kier molecular flexibility index (Phi) is 3.61. The van der Waals surface area contributed by atoms with E-state index in [1.165, 1.54) is 37.8 Å². The molecule has 1 N–H and O–H groups in total. The molecule has 0 radical (unpaired) electrons. The number of methoxy groups -OCH3 is 1.